The smallest absolute Gasteiger partial charge is 0.252 e. The number of hydrogen-bond donors (Lipinski definition) is 1. The number of nitrogens with two attached hydrogens (primary N) is 1. The first-order chi connectivity index (χ1) is 6.68. The van der Waals surface area contributed by atoms with Gasteiger partial charge in [0.15, 0.2) is 5.75 Å². The first kappa shape index (κ1) is 9.45. The summed E-state index contributed by atoms with van der Waals surface area (Å²) >= 11 is 3.23. The average molecular weight is 257 g/mol. The third-order valence-corrected chi connectivity index (χ3v) is 2.50. The predicted molar refractivity (Wildman–Crippen MR) is 54.1 cm³/mol. The van der Waals surface area contributed by atoms with E-state index in [-0.39, 0.29) is 6.10 Å². The molecular formula is C9H9BrN2O2. The van der Waals surface area contributed by atoms with Crippen molar-refractivity contribution in [1.82, 2.24) is 4.98 Å². The van der Waals surface area contributed by atoms with Crippen molar-refractivity contribution in [2.45, 2.75) is 18.9 Å². The van der Waals surface area contributed by atoms with Crippen LogP contribution in [0.4, 0.5) is 0 Å². The van der Waals surface area contributed by atoms with E-state index in [4.69, 9.17) is 10.5 Å². The van der Waals surface area contributed by atoms with E-state index in [1.165, 1.54) is 6.20 Å². The van der Waals surface area contributed by atoms with E-state index in [2.05, 4.69) is 20.9 Å². The van der Waals surface area contributed by atoms with Crippen LogP contribution in [0.15, 0.2) is 16.9 Å². The average Bonchev–Trinajstić information content (AvgIpc) is 2.91. The van der Waals surface area contributed by atoms with Crippen molar-refractivity contribution in [1.29, 1.82) is 0 Å². The second kappa shape index (κ2) is 3.57. The Hall–Kier alpha value is -1.10. The molecule has 0 spiro atoms. The molecule has 1 aliphatic carbocycles. The van der Waals surface area contributed by atoms with Gasteiger partial charge in [-0.15, -0.1) is 0 Å². The SMILES string of the molecule is NC(=O)c1ccnc(Br)c1OC1CC1. The summed E-state index contributed by atoms with van der Waals surface area (Å²) in [5.41, 5.74) is 5.59. The lowest BCUT2D eigenvalue weighted by molar-refractivity contribution is 0.0995. The number of nitrogens with zero attached hydrogens (tertiary/aromatic N) is 1. The minimum absolute atomic E-state index is 0.216. The van der Waals surface area contributed by atoms with E-state index in [1.807, 2.05) is 0 Å². The molecule has 2 N–H and O–H groups in total. The van der Waals surface area contributed by atoms with Crippen LogP contribution in [-0.4, -0.2) is 17.0 Å². The summed E-state index contributed by atoms with van der Waals surface area (Å²) < 4.78 is 6.07. The minimum Gasteiger partial charge on any atom is -0.487 e. The van der Waals surface area contributed by atoms with Crippen molar-refractivity contribution in [2.24, 2.45) is 5.73 Å². The first-order valence-electron chi connectivity index (χ1n) is 4.29. The third kappa shape index (κ3) is 1.87. The van der Waals surface area contributed by atoms with Crippen LogP contribution in [-0.2, 0) is 0 Å². The summed E-state index contributed by atoms with van der Waals surface area (Å²) in [6.45, 7) is 0. The number of pyridine rings is 1. The largest absolute Gasteiger partial charge is 0.487 e. The van der Waals surface area contributed by atoms with Gasteiger partial charge in [0.05, 0.1) is 11.7 Å². The van der Waals surface area contributed by atoms with E-state index in [1.54, 1.807) is 6.07 Å². The number of rotatable bonds is 3. The van der Waals surface area contributed by atoms with Gasteiger partial charge in [-0.1, -0.05) is 0 Å². The molecule has 1 heterocycles. The molecule has 1 aliphatic rings. The Labute approximate surface area is 89.6 Å². The van der Waals surface area contributed by atoms with Crippen molar-refractivity contribution in [2.75, 3.05) is 0 Å². The fourth-order valence-corrected chi connectivity index (χ4v) is 1.51. The second-order valence-corrected chi connectivity index (χ2v) is 3.91. The summed E-state index contributed by atoms with van der Waals surface area (Å²) in [7, 11) is 0. The molecule has 0 radical (unpaired) electrons. The molecule has 1 aromatic heterocycles. The van der Waals surface area contributed by atoms with Gasteiger partial charge < -0.3 is 10.5 Å². The van der Waals surface area contributed by atoms with E-state index in [9.17, 15) is 4.79 Å². The molecular weight excluding hydrogens is 248 g/mol. The Balaban J connectivity index is 2.36. The van der Waals surface area contributed by atoms with Crippen LogP contribution in [0.3, 0.4) is 0 Å². The maximum absolute atomic E-state index is 11.1. The number of amides is 1. The van der Waals surface area contributed by atoms with Crippen LogP contribution < -0.4 is 10.5 Å². The van der Waals surface area contributed by atoms with E-state index >= 15 is 0 Å². The van der Waals surface area contributed by atoms with Crippen molar-refractivity contribution in [3.8, 4) is 5.75 Å². The summed E-state index contributed by atoms with van der Waals surface area (Å²) in [5.74, 6) is -0.0359. The van der Waals surface area contributed by atoms with Gasteiger partial charge in [0, 0.05) is 6.20 Å². The minimum atomic E-state index is -0.497. The van der Waals surface area contributed by atoms with E-state index in [0.29, 0.717) is 15.9 Å². The van der Waals surface area contributed by atoms with E-state index < -0.39 is 5.91 Å². The number of ether oxygens (including phenoxy) is 1. The molecule has 4 nitrogen and oxygen atoms in total. The second-order valence-electron chi connectivity index (χ2n) is 3.16. The van der Waals surface area contributed by atoms with Gasteiger partial charge in [-0.3, -0.25) is 4.79 Å². The zero-order chi connectivity index (χ0) is 10.1. The van der Waals surface area contributed by atoms with Crippen LogP contribution in [0.1, 0.15) is 23.2 Å². The molecule has 14 heavy (non-hydrogen) atoms. The van der Waals surface area contributed by atoms with Crippen LogP contribution in [0, 0.1) is 0 Å². The van der Waals surface area contributed by atoms with Gasteiger partial charge in [-0.05, 0) is 34.8 Å². The Bertz CT molecular complexity index is 377. The molecule has 0 saturated heterocycles. The zero-order valence-corrected chi connectivity index (χ0v) is 8.95. The Morgan fingerprint density at radius 3 is 2.93 bits per heavy atom. The van der Waals surface area contributed by atoms with Crippen LogP contribution in [0.5, 0.6) is 5.75 Å². The Kier molecular flexibility index (Phi) is 2.41. The molecule has 74 valence electrons. The summed E-state index contributed by atoms with van der Waals surface area (Å²) in [5, 5.41) is 0. The maximum Gasteiger partial charge on any atom is 0.252 e. The molecule has 0 aromatic carbocycles. The fraction of sp³-hybridized carbons (Fsp3) is 0.333. The van der Waals surface area contributed by atoms with Gasteiger partial charge in [-0.25, -0.2) is 4.98 Å². The summed E-state index contributed by atoms with van der Waals surface area (Å²) in [4.78, 5) is 15.1. The Morgan fingerprint density at radius 1 is 1.64 bits per heavy atom. The topological polar surface area (TPSA) is 65.2 Å². The van der Waals surface area contributed by atoms with E-state index in [0.717, 1.165) is 12.8 Å². The predicted octanol–water partition coefficient (Wildman–Crippen LogP) is 1.48. The van der Waals surface area contributed by atoms with Gasteiger partial charge >= 0.3 is 0 Å². The highest BCUT2D eigenvalue weighted by Crippen LogP contribution is 2.33. The molecule has 0 unspecified atom stereocenters. The molecule has 5 heteroatoms. The standard InChI is InChI=1S/C9H9BrN2O2/c10-8-7(14-5-1-2-5)6(9(11)13)3-4-12-8/h3-5H,1-2H2,(H2,11,13). The van der Waals surface area contributed by atoms with Crippen LogP contribution >= 0.6 is 15.9 Å². The molecule has 2 rings (SSSR count). The molecule has 1 saturated carbocycles. The van der Waals surface area contributed by atoms with Gasteiger partial charge in [0.1, 0.15) is 4.60 Å². The normalized spacial score (nSPS) is 15.2. The van der Waals surface area contributed by atoms with Crippen molar-refractivity contribution >= 4 is 21.8 Å². The summed E-state index contributed by atoms with van der Waals surface area (Å²) in [6.07, 6.45) is 3.79. The molecule has 0 aliphatic heterocycles. The van der Waals surface area contributed by atoms with Crippen LogP contribution in [0.25, 0.3) is 0 Å². The highest BCUT2D eigenvalue weighted by Gasteiger charge is 2.26. The van der Waals surface area contributed by atoms with Crippen molar-refractivity contribution in [3.63, 3.8) is 0 Å². The quantitative estimate of drug-likeness (QED) is 0.834. The lowest BCUT2D eigenvalue weighted by Gasteiger charge is -2.09. The lowest BCUT2D eigenvalue weighted by Crippen LogP contribution is -2.14. The van der Waals surface area contributed by atoms with Gasteiger partial charge in [-0.2, -0.15) is 0 Å². The number of primary amides is 1. The lowest BCUT2D eigenvalue weighted by atomic mass is 10.2. The van der Waals surface area contributed by atoms with Crippen LogP contribution in [0.2, 0.25) is 0 Å². The molecule has 1 aromatic rings. The highest BCUT2D eigenvalue weighted by molar-refractivity contribution is 9.10. The highest BCUT2D eigenvalue weighted by atomic mass is 79.9. The molecule has 1 fully saturated rings. The summed E-state index contributed by atoms with van der Waals surface area (Å²) in [6, 6.07) is 1.56. The fourth-order valence-electron chi connectivity index (χ4n) is 1.08. The maximum atomic E-state index is 11.1. The first-order valence-corrected chi connectivity index (χ1v) is 5.08. The monoisotopic (exact) mass is 256 g/mol. The number of carbonyl (C=O) groups excluding carboxylic acids is 1. The number of aromatic nitrogens is 1. The zero-order valence-electron chi connectivity index (χ0n) is 7.37. The van der Waals surface area contributed by atoms with Gasteiger partial charge in [0.2, 0.25) is 0 Å². The van der Waals surface area contributed by atoms with Gasteiger partial charge in [0.25, 0.3) is 5.91 Å². The van der Waals surface area contributed by atoms with Crippen molar-refractivity contribution < 1.29 is 9.53 Å². The number of halogens is 1. The molecule has 0 bridgehead atoms. The van der Waals surface area contributed by atoms with Crippen molar-refractivity contribution in [3.05, 3.63) is 22.4 Å². The third-order valence-electron chi connectivity index (χ3n) is 1.94. The molecule has 0 atom stereocenters. The Morgan fingerprint density at radius 2 is 2.36 bits per heavy atom. The number of carbonyl (C=O) groups is 1. The number of hydrogen-bond acceptors (Lipinski definition) is 3. The molecule has 1 amide bonds.